The number of nitrogens with zero attached hydrogens (tertiary/aromatic N) is 2. The molecule has 2 heterocycles. The van der Waals surface area contributed by atoms with Crippen LogP contribution >= 0.6 is 23.2 Å². The largest absolute Gasteiger partial charge is 0.396 e. The minimum atomic E-state index is -1.58. The Bertz CT molecular complexity index is 1350. The molecule has 7 nitrogen and oxygen atoms in total. The van der Waals surface area contributed by atoms with Gasteiger partial charge in [0.1, 0.15) is 11.6 Å². The fourth-order valence-corrected chi connectivity index (χ4v) is 5.61. The molecule has 0 bridgehead atoms. The van der Waals surface area contributed by atoms with Crippen LogP contribution in [-0.4, -0.2) is 39.7 Å². The number of benzene rings is 2. The van der Waals surface area contributed by atoms with Crippen molar-refractivity contribution in [3.63, 3.8) is 0 Å². The monoisotopic (exact) mass is 577 g/mol. The number of anilines is 1. The molecule has 0 saturated carbocycles. The fourth-order valence-electron chi connectivity index (χ4n) is 5.27. The van der Waals surface area contributed by atoms with Gasteiger partial charge in [-0.15, -0.1) is 0 Å². The molecule has 3 aromatic rings. The Hall–Kier alpha value is -2.69. The van der Waals surface area contributed by atoms with Gasteiger partial charge in [0.05, 0.1) is 34.7 Å². The van der Waals surface area contributed by atoms with E-state index in [2.05, 4.69) is 20.6 Å². The first-order valence-corrected chi connectivity index (χ1v) is 13.3. The maximum Gasteiger partial charge on any atom is 0.243 e. The van der Waals surface area contributed by atoms with Crippen LogP contribution < -0.4 is 16.4 Å². The number of hydrogen-bond donors (Lipinski definition) is 4. The van der Waals surface area contributed by atoms with Gasteiger partial charge < -0.3 is 21.5 Å². The topological polar surface area (TPSA) is 113 Å². The van der Waals surface area contributed by atoms with Gasteiger partial charge in [-0.3, -0.25) is 9.78 Å². The second-order valence-electron chi connectivity index (χ2n) is 11.0. The first kappa shape index (κ1) is 29.3. The van der Waals surface area contributed by atoms with Crippen molar-refractivity contribution in [2.24, 2.45) is 11.1 Å². The molecule has 0 aliphatic carbocycles. The lowest BCUT2D eigenvalue weighted by atomic mass is 9.68. The first-order valence-electron chi connectivity index (χ1n) is 12.5. The van der Waals surface area contributed by atoms with Crippen molar-refractivity contribution in [2.75, 3.05) is 11.9 Å². The Labute approximate surface area is 236 Å². The number of carbonyl (C=O) groups is 1. The molecular weight excluding hydrogens is 547 g/mol. The van der Waals surface area contributed by atoms with Crippen molar-refractivity contribution in [3.05, 3.63) is 87.3 Å². The van der Waals surface area contributed by atoms with E-state index < -0.39 is 41.1 Å². The van der Waals surface area contributed by atoms with E-state index in [9.17, 15) is 4.79 Å². The van der Waals surface area contributed by atoms with Crippen molar-refractivity contribution in [1.29, 1.82) is 0 Å². The lowest BCUT2D eigenvalue weighted by molar-refractivity contribution is -0.118. The molecule has 1 amide bonds. The highest BCUT2D eigenvalue weighted by atomic mass is 35.5. The van der Waals surface area contributed by atoms with E-state index in [0.717, 1.165) is 6.07 Å². The van der Waals surface area contributed by atoms with Crippen LogP contribution in [0.1, 0.15) is 49.9 Å². The standard InChI is InChI=1S/C28H31Cl2F2N5O2/c1-27(2,3)12-21-28(33,18-8-7-15(29)11-20(18)31)23(17-5-4-6-19(30)24(17)32)25(36-21)26(39)37-22-14-34-16(9-10-38)13-35-22/h4-8,11,13-14,21,23,25,36,38H,9-10,12,33H2,1-3H3,(H,35,37,39)/t21-,23-,25+,28+/m0/s1. The molecule has 1 aliphatic heterocycles. The second kappa shape index (κ2) is 11.4. The minimum absolute atomic E-state index is 0.0767. The van der Waals surface area contributed by atoms with Gasteiger partial charge in [-0.05, 0) is 35.6 Å². The van der Waals surface area contributed by atoms with Gasteiger partial charge in [-0.1, -0.05) is 62.2 Å². The average Bonchev–Trinajstić information content (AvgIpc) is 3.13. The predicted molar refractivity (Wildman–Crippen MR) is 148 cm³/mol. The van der Waals surface area contributed by atoms with Gasteiger partial charge in [0.25, 0.3) is 0 Å². The zero-order valence-corrected chi connectivity index (χ0v) is 23.3. The third kappa shape index (κ3) is 6.07. The Kier molecular flexibility index (Phi) is 8.58. The van der Waals surface area contributed by atoms with Crippen LogP contribution in [0.5, 0.6) is 0 Å². The van der Waals surface area contributed by atoms with Crippen molar-refractivity contribution in [3.8, 4) is 0 Å². The molecule has 1 fully saturated rings. The average molecular weight is 578 g/mol. The SMILES string of the molecule is CC(C)(C)C[C@@H]1N[C@@H](C(=O)Nc2cnc(CCO)cn2)[C@H](c2cccc(Cl)c2F)[C@@]1(N)c1ccc(Cl)cc1F. The number of aliphatic hydroxyl groups is 1. The zero-order chi connectivity index (χ0) is 28.5. The van der Waals surface area contributed by atoms with Gasteiger partial charge in [0.2, 0.25) is 5.91 Å². The van der Waals surface area contributed by atoms with E-state index in [1.54, 1.807) is 6.07 Å². The normalized spacial score (nSPS) is 23.2. The van der Waals surface area contributed by atoms with Crippen molar-refractivity contribution >= 4 is 34.9 Å². The molecule has 2 aromatic carbocycles. The van der Waals surface area contributed by atoms with Crippen LogP contribution in [0.15, 0.2) is 48.8 Å². The van der Waals surface area contributed by atoms with Crippen molar-refractivity contribution in [2.45, 2.75) is 57.2 Å². The Morgan fingerprint density at radius 1 is 1.18 bits per heavy atom. The van der Waals surface area contributed by atoms with E-state index in [1.165, 1.54) is 36.7 Å². The van der Waals surface area contributed by atoms with Crippen LogP contribution in [0.25, 0.3) is 0 Å². The summed E-state index contributed by atoms with van der Waals surface area (Å²) in [6.45, 7) is 5.91. The van der Waals surface area contributed by atoms with Crippen LogP contribution in [0.2, 0.25) is 10.0 Å². The highest BCUT2D eigenvalue weighted by Crippen LogP contribution is 2.50. The molecule has 1 aromatic heterocycles. The molecule has 39 heavy (non-hydrogen) atoms. The Balaban J connectivity index is 1.85. The smallest absolute Gasteiger partial charge is 0.243 e. The maximum absolute atomic E-state index is 15.6. The summed E-state index contributed by atoms with van der Waals surface area (Å²) in [6, 6.07) is 6.89. The van der Waals surface area contributed by atoms with Crippen LogP contribution in [0.4, 0.5) is 14.6 Å². The molecule has 0 spiro atoms. The summed E-state index contributed by atoms with van der Waals surface area (Å²) >= 11 is 12.2. The summed E-state index contributed by atoms with van der Waals surface area (Å²) in [4.78, 5) is 22.2. The summed E-state index contributed by atoms with van der Waals surface area (Å²) in [5, 5.41) is 15.2. The lowest BCUT2D eigenvalue weighted by Gasteiger charge is -2.40. The number of nitrogens with two attached hydrogens (primary N) is 1. The summed E-state index contributed by atoms with van der Waals surface area (Å²) in [5.74, 6) is -2.86. The number of halogens is 4. The Morgan fingerprint density at radius 2 is 1.92 bits per heavy atom. The van der Waals surface area contributed by atoms with E-state index >= 15 is 8.78 Å². The molecule has 11 heteroatoms. The highest BCUT2D eigenvalue weighted by Gasteiger charge is 2.58. The fraction of sp³-hybridized carbons (Fsp3) is 0.393. The second-order valence-corrected chi connectivity index (χ2v) is 11.8. The van der Waals surface area contributed by atoms with Crippen LogP contribution in [-0.2, 0) is 16.8 Å². The number of nitrogens with one attached hydrogen (secondary N) is 2. The lowest BCUT2D eigenvalue weighted by Crippen LogP contribution is -2.52. The van der Waals surface area contributed by atoms with Gasteiger partial charge in [0, 0.05) is 35.6 Å². The molecule has 4 atom stereocenters. The van der Waals surface area contributed by atoms with Crippen LogP contribution in [0, 0.1) is 17.0 Å². The van der Waals surface area contributed by atoms with Crippen LogP contribution in [0.3, 0.4) is 0 Å². The van der Waals surface area contributed by atoms with Gasteiger partial charge in [0.15, 0.2) is 5.82 Å². The minimum Gasteiger partial charge on any atom is -0.396 e. The number of aromatic nitrogens is 2. The summed E-state index contributed by atoms with van der Waals surface area (Å²) in [7, 11) is 0. The Morgan fingerprint density at radius 3 is 2.54 bits per heavy atom. The van der Waals surface area contributed by atoms with Gasteiger partial charge >= 0.3 is 0 Å². The molecule has 208 valence electrons. The summed E-state index contributed by atoms with van der Waals surface area (Å²) in [5.41, 5.74) is 6.03. The molecule has 0 unspecified atom stereocenters. The van der Waals surface area contributed by atoms with E-state index in [4.69, 9.17) is 34.0 Å². The molecule has 5 N–H and O–H groups in total. The number of amides is 1. The third-order valence-corrected chi connectivity index (χ3v) is 7.47. The quantitative estimate of drug-likeness (QED) is 0.316. The number of hydrogen-bond acceptors (Lipinski definition) is 6. The number of aliphatic hydroxyl groups excluding tert-OH is 1. The maximum atomic E-state index is 15.6. The molecule has 0 radical (unpaired) electrons. The molecular formula is C28H31Cl2F2N5O2. The van der Waals surface area contributed by atoms with Crippen molar-refractivity contribution < 1.29 is 18.7 Å². The third-order valence-electron chi connectivity index (χ3n) is 6.94. The molecule has 1 saturated heterocycles. The molecule has 4 rings (SSSR count). The summed E-state index contributed by atoms with van der Waals surface area (Å²) < 4.78 is 31.2. The zero-order valence-electron chi connectivity index (χ0n) is 21.8. The van der Waals surface area contributed by atoms with E-state index in [0.29, 0.717) is 18.5 Å². The first-order chi connectivity index (χ1) is 18.3. The summed E-state index contributed by atoms with van der Waals surface area (Å²) in [6.07, 6.45) is 3.57. The van der Waals surface area contributed by atoms with E-state index in [-0.39, 0.29) is 39.0 Å². The van der Waals surface area contributed by atoms with Gasteiger partial charge in [-0.2, -0.15) is 0 Å². The number of carbonyl (C=O) groups excluding carboxylic acids is 1. The number of rotatable bonds is 7. The predicted octanol–water partition coefficient (Wildman–Crippen LogP) is 4.95. The van der Waals surface area contributed by atoms with E-state index in [1.807, 2.05) is 20.8 Å². The molecule has 1 aliphatic rings. The van der Waals surface area contributed by atoms with Crippen molar-refractivity contribution in [1.82, 2.24) is 15.3 Å². The highest BCUT2D eigenvalue weighted by molar-refractivity contribution is 6.31. The van der Waals surface area contributed by atoms with Gasteiger partial charge in [-0.25, -0.2) is 13.8 Å².